The van der Waals surface area contributed by atoms with Crippen LogP contribution in [0.1, 0.15) is 89.2 Å². The van der Waals surface area contributed by atoms with Crippen molar-refractivity contribution in [3.63, 3.8) is 0 Å². The highest BCUT2D eigenvalue weighted by molar-refractivity contribution is 6.11. The highest BCUT2D eigenvalue weighted by atomic mass is 16.5. The summed E-state index contributed by atoms with van der Waals surface area (Å²) in [4.78, 5) is 23.4. The molecule has 2 heterocycles. The lowest BCUT2D eigenvalue weighted by atomic mass is 9.64. The molecule has 5 nitrogen and oxygen atoms in total. The molecule has 2 fully saturated rings. The fraction of sp³-hybridized carbons (Fsp3) is 0.500. The summed E-state index contributed by atoms with van der Waals surface area (Å²) < 4.78 is 6.89. The van der Waals surface area contributed by atoms with Crippen molar-refractivity contribution in [1.29, 1.82) is 0 Å². The van der Waals surface area contributed by atoms with Gasteiger partial charge in [0, 0.05) is 28.3 Å². The fourth-order valence-corrected chi connectivity index (χ4v) is 7.76. The van der Waals surface area contributed by atoms with Gasteiger partial charge in [-0.1, -0.05) is 62.9 Å². The molecule has 202 valence electrons. The molecule has 2 aliphatic carbocycles. The molecule has 0 radical (unpaired) electrons. The number of amides is 1. The average molecular weight is 522 g/mol. The first-order valence-corrected chi connectivity index (χ1v) is 15.0. The molecule has 1 aromatic heterocycles. The van der Waals surface area contributed by atoms with Gasteiger partial charge in [-0.2, -0.15) is 0 Å². The molecule has 39 heavy (non-hydrogen) atoms. The molecule has 3 aromatic carbocycles. The molecule has 2 saturated carbocycles. The number of hydrogen-bond donors (Lipinski definition) is 1. The molecule has 1 N–H and O–H groups in total. The number of rotatable bonds is 3. The van der Waals surface area contributed by atoms with E-state index in [0.29, 0.717) is 30.2 Å². The third kappa shape index (κ3) is 4.34. The van der Waals surface area contributed by atoms with Gasteiger partial charge < -0.3 is 10.1 Å². The van der Waals surface area contributed by atoms with Crippen LogP contribution < -0.4 is 10.1 Å². The van der Waals surface area contributed by atoms with Crippen LogP contribution >= 0.6 is 0 Å². The summed E-state index contributed by atoms with van der Waals surface area (Å²) in [7, 11) is 0. The molecule has 1 aliphatic heterocycles. The normalized spacial score (nSPS) is 24.7. The summed E-state index contributed by atoms with van der Waals surface area (Å²) in [6, 6.07) is 15.0. The van der Waals surface area contributed by atoms with Gasteiger partial charge in [0.05, 0.1) is 28.5 Å². The fourth-order valence-electron chi connectivity index (χ4n) is 7.76. The van der Waals surface area contributed by atoms with Crippen LogP contribution in [0.4, 0.5) is 0 Å². The van der Waals surface area contributed by atoms with Crippen molar-refractivity contribution in [3.05, 3.63) is 53.6 Å². The van der Waals surface area contributed by atoms with Crippen LogP contribution in [0.2, 0.25) is 0 Å². The van der Waals surface area contributed by atoms with Gasteiger partial charge in [-0.3, -0.25) is 4.79 Å². The van der Waals surface area contributed by atoms with Gasteiger partial charge in [-0.05, 0) is 69.1 Å². The Hall–Kier alpha value is -3.21. The lowest BCUT2D eigenvalue weighted by Gasteiger charge is -2.49. The van der Waals surface area contributed by atoms with Gasteiger partial charge >= 0.3 is 0 Å². The first-order valence-electron chi connectivity index (χ1n) is 15.0. The monoisotopic (exact) mass is 521 g/mol. The predicted molar refractivity (Wildman–Crippen MR) is 157 cm³/mol. The number of ether oxygens (including phenoxy) is 1. The first-order chi connectivity index (χ1) is 18.9. The van der Waals surface area contributed by atoms with E-state index in [1.807, 2.05) is 12.1 Å². The van der Waals surface area contributed by atoms with Crippen LogP contribution in [-0.2, 0) is 11.2 Å². The summed E-state index contributed by atoms with van der Waals surface area (Å²) >= 11 is 0. The molecule has 5 heteroatoms. The smallest absolute Gasteiger partial charge is 0.224 e. The SMILES string of the molecule is C[C@H]1CC[C@H]2C(C1)c1c(c3ccccc3c3nc4ccc(CC(=O)NC5CCCCC5)cc4nc13)OC2(C)C. The molecule has 3 aliphatic rings. The van der Waals surface area contributed by atoms with Gasteiger partial charge in [0.2, 0.25) is 5.91 Å². The number of nitrogens with one attached hydrogen (secondary N) is 1. The summed E-state index contributed by atoms with van der Waals surface area (Å²) in [5.74, 6) is 2.63. The summed E-state index contributed by atoms with van der Waals surface area (Å²) in [6.07, 6.45) is 9.85. The van der Waals surface area contributed by atoms with Gasteiger partial charge in [-0.25, -0.2) is 9.97 Å². The van der Waals surface area contributed by atoms with Crippen molar-refractivity contribution in [2.75, 3.05) is 0 Å². The number of carbonyl (C=O) groups excluding carboxylic acids is 1. The van der Waals surface area contributed by atoms with Crippen LogP contribution in [0.5, 0.6) is 5.75 Å². The van der Waals surface area contributed by atoms with E-state index in [1.165, 1.54) is 37.7 Å². The van der Waals surface area contributed by atoms with Crippen molar-refractivity contribution >= 4 is 38.7 Å². The van der Waals surface area contributed by atoms with Gasteiger partial charge in [0.15, 0.2) is 0 Å². The van der Waals surface area contributed by atoms with E-state index in [-0.39, 0.29) is 11.5 Å². The molecule has 7 rings (SSSR count). The van der Waals surface area contributed by atoms with Crippen LogP contribution in [0.3, 0.4) is 0 Å². The zero-order valence-electron chi connectivity index (χ0n) is 23.4. The lowest BCUT2D eigenvalue weighted by molar-refractivity contribution is -0.121. The van der Waals surface area contributed by atoms with Crippen molar-refractivity contribution in [2.45, 2.75) is 96.1 Å². The largest absolute Gasteiger partial charge is 0.487 e. The van der Waals surface area contributed by atoms with Crippen molar-refractivity contribution < 1.29 is 9.53 Å². The van der Waals surface area contributed by atoms with Crippen molar-refractivity contribution in [1.82, 2.24) is 15.3 Å². The number of aromatic nitrogens is 2. The molecule has 0 spiro atoms. The average Bonchev–Trinajstić information content (AvgIpc) is 2.92. The predicted octanol–water partition coefficient (Wildman–Crippen LogP) is 7.62. The Morgan fingerprint density at radius 1 is 0.949 bits per heavy atom. The Bertz CT molecular complexity index is 1590. The number of benzene rings is 3. The topological polar surface area (TPSA) is 64.1 Å². The Morgan fingerprint density at radius 2 is 1.72 bits per heavy atom. The number of hydrogen-bond acceptors (Lipinski definition) is 4. The van der Waals surface area contributed by atoms with Crippen LogP contribution in [0.25, 0.3) is 32.8 Å². The van der Waals surface area contributed by atoms with E-state index in [9.17, 15) is 4.79 Å². The minimum Gasteiger partial charge on any atom is -0.487 e. The molecule has 0 bridgehead atoms. The minimum absolute atomic E-state index is 0.105. The molecule has 1 amide bonds. The van der Waals surface area contributed by atoms with Crippen LogP contribution in [-0.4, -0.2) is 27.5 Å². The summed E-state index contributed by atoms with van der Waals surface area (Å²) in [5.41, 5.74) is 5.66. The molecule has 4 aromatic rings. The zero-order valence-corrected chi connectivity index (χ0v) is 23.4. The Morgan fingerprint density at radius 3 is 2.54 bits per heavy atom. The quantitative estimate of drug-likeness (QED) is 0.222. The maximum Gasteiger partial charge on any atom is 0.224 e. The lowest BCUT2D eigenvalue weighted by Crippen LogP contribution is -2.46. The third-order valence-corrected chi connectivity index (χ3v) is 9.73. The maximum absolute atomic E-state index is 12.9. The second-order valence-electron chi connectivity index (χ2n) is 12.9. The van der Waals surface area contributed by atoms with Crippen LogP contribution in [0.15, 0.2) is 42.5 Å². The zero-order chi connectivity index (χ0) is 26.7. The Labute approximate surface area is 230 Å². The van der Waals surface area contributed by atoms with Gasteiger partial charge in [-0.15, -0.1) is 0 Å². The van der Waals surface area contributed by atoms with E-state index in [2.05, 4.69) is 56.4 Å². The molecular formula is C34H39N3O2. The maximum atomic E-state index is 12.9. The highest BCUT2D eigenvalue weighted by Gasteiger charge is 2.47. The van der Waals surface area contributed by atoms with Crippen molar-refractivity contribution in [2.24, 2.45) is 11.8 Å². The third-order valence-electron chi connectivity index (χ3n) is 9.73. The van der Waals surface area contributed by atoms with Crippen molar-refractivity contribution in [3.8, 4) is 5.75 Å². The summed E-state index contributed by atoms with van der Waals surface area (Å²) in [5, 5.41) is 5.48. The van der Waals surface area contributed by atoms with E-state index >= 15 is 0 Å². The number of fused-ring (bicyclic) bond motifs is 9. The van der Waals surface area contributed by atoms with E-state index in [1.54, 1.807) is 0 Å². The molecular weight excluding hydrogens is 482 g/mol. The van der Waals surface area contributed by atoms with E-state index in [0.717, 1.165) is 63.4 Å². The van der Waals surface area contributed by atoms with E-state index < -0.39 is 0 Å². The van der Waals surface area contributed by atoms with Gasteiger partial charge in [0.1, 0.15) is 11.4 Å². The summed E-state index contributed by atoms with van der Waals surface area (Å²) in [6.45, 7) is 6.91. The van der Waals surface area contributed by atoms with Crippen LogP contribution in [0, 0.1) is 11.8 Å². The molecule has 1 unspecified atom stereocenters. The first kappa shape index (κ1) is 24.8. The Balaban J connectivity index is 1.35. The minimum atomic E-state index is -0.225. The van der Waals surface area contributed by atoms with E-state index in [4.69, 9.17) is 14.7 Å². The standard InChI is InChI=1S/C34H39N3O2/c1-20-13-15-26-25(17-20)30-32-31(23-11-7-8-12-24(23)33(30)39-34(26,2)3)36-27-16-14-21(18-28(27)37-32)19-29(38)35-22-9-5-4-6-10-22/h7-8,11-12,14,16,18,20,22,25-26H,4-6,9-10,13,15,17,19H2,1-3H3,(H,35,38)/t20-,25?,26-/m0/s1. The molecule has 0 saturated heterocycles. The van der Waals surface area contributed by atoms with Gasteiger partial charge in [0.25, 0.3) is 0 Å². The molecule has 3 atom stereocenters. The highest BCUT2D eigenvalue weighted by Crippen LogP contribution is 2.56. The Kier molecular flexibility index (Phi) is 6.02. The number of nitrogens with zero attached hydrogens (tertiary/aromatic N) is 2. The second-order valence-corrected chi connectivity index (χ2v) is 12.9. The number of carbonyl (C=O) groups is 1. The second kappa shape index (κ2) is 9.46.